The van der Waals surface area contributed by atoms with Gasteiger partial charge in [-0.1, -0.05) is 17.7 Å². The summed E-state index contributed by atoms with van der Waals surface area (Å²) in [6.07, 6.45) is 2.77. The Morgan fingerprint density at radius 3 is 2.38 bits per heavy atom. The number of nitrogens with zero attached hydrogens (tertiary/aromatic N) is 3. The second-order valence-electron chi connectivity index (χ2n) is 5.10. The van der Waals surface area contributed by atoms with E-state index >= 15 is 0 Å². The van der Waals surface area contributed by atoms with E-state index in [1.165, 1.54) is 5.01 Å². The average molecular weight is 293 g/mol. The summed E-state index contributed by atoms with van der Waals surface area (Å²) in [6.45, 7) is 3.69. The van der Waals surface area contributed by atoms with Gasteiger partial charge in [0, 0.05) is 13.1 Å². The second kappa shape index (κ2) is 6.64. The summed E-state index contributed by atoms with van der Waals surface area (Å²) in [5.74, 6) is 0.175. The molecule has 1 saturated heterocycles. The van der Waals surface area contributed by atoms with Crippen LogP contribution < -0.4 is 39.7 Å². The number of hydrogen-bond donors (Lipinski definition) is 0. The van der Waals surface area contributed by atoms with Crippen LogP contribution in [-0.4, -0.2) is 29.7 Å². The van der Waals surface area contributed by atoms with Gasteiger partial charge in [-0.15, -0.1) is 11.4 Å². The molecule has 21 heavy (non-hydrogen) atoms. The van der Waals surface area contributed by atoms with E-state index in [1.54, 1.807) is 0 Å². The third-order valence-electron chi connectivity index (χ3n) is 3.66. The normalized spacial score (nSPS) is 20.0. The van der Waals surface area contributed by atoms with E-state index in [4.69, 9.17) is 0 Å². The Morgan fingerprint density at radius 1 is 1.19 bits per heavy atom. The van der Waals surface area contributed by atoms with Gasteiger partial charge in [0.15, 0.2) is 5.84 Å². The molecular weight excluding hydrogens is 277 g/mol. The Bertz CT molecular complexity index is 589. The molecular formula is C15H16N3NaO2. The first-order valence-corrected chi connectivity index (χ1v) is 6.78. The Kier molecular flexibility index (Phi) is 5.08. The maximum atomic E-state index is 12.3. The molecule has 1 fully saturated rings. The number of carbonyl (C=O) groups is 1. The van der Waals surface area contributed by atoms with Gasteiger partial charge >= 0.3 is 29.6 Å². The van der Waals surface area contributed by atoms with E-state index in [-0.39, 0.29) is 41.0 Å². The number of benzene rings is 1. The third-order valence-corrected chi connectivity index (χ3v) is 3.66. The van der Waals surface area contributed by atoms with Crippen LogP contribution in [0.1, 0.15) is 18.4 Å². The predicted octanol–water partition coefficient (Wildman–Crippen LogP) is -2.00. The van der Waals surface area contributed by atoms with Gasteiger partial charge in [0.2, 0.25) is 0 Å². The van der Waals surface area contributed by atoms with Gasteiger partial charge in [-0.25, -0.2) is 0 Å². The van der Waals surface area contributed by atoms with Gasteiger partial charge in [-0.3, -0.25) is 4.79 Å². The van der Waals surface area contributed by atoms with Crippen LogP contribution in [0.3, 0.4) is 0 Å². The summed E-state index contributed by atoms with van der Waals surface area (Å²) in [4.78, 5) is 14.3. The van der Waals surface area contributed by atoms with Gasteiger partial charge < -0.3 is 10.0 Å². The van der Waals surface area contributed by atoms with Crippen molar-refractivity contribution in [2.45, 2.75) is 19.8 Å². The molecule has 0 aromatic heterocycles. The Morgan fingerprint density at radius 2 is 1.81 bits per heavy atom. The molecule has 1 aromatic rings. The quantitative estimate of drug-likeness (QED) is 0.342. The zero-order chi connectivity index (χ0) is 14.1. The van der Waals surface area contributed by atoms with E-state index in [2.05, 4.69) is 5.10 Å². The zero-order valence-corrected chi connectivity index (χ0v) is 14.4. The molecule has 104 valence electrons. The minimum absolute atomic E-state index is 0. The SMILES string of the molecule is Cc1ccc(N2N=C(N3CCCC3)/C(=C/[O-])C2=O)cc1.[Na+]. The number of hydrogen-bond acceptors (Lipinski definition) is 4. The summed E-state index contributed by atoms with van der Waals surface area (Å²) >= 11 is 0. The summed E-state index contributed by atoms with van der Waals surface area (Å²) in [7, 11) is 0. The van der Waals surface area contributed by atoms with Crippen LogP contribution in [-0.2, 0) is 4.79 Å². The molecule has 0 unspecified atom stereocenters. The van der Waals surface area contributed by atoms with E-state index < -0.39 is 0 Å². The fourth-order valence-electron chi connectivity index (χ4n) is 2.53. The number of anilines is 1. The van der Waals surface area contributed by atoms with Gasteiger partial charge in [0.1, 0.15) is 0 Å². The number of amidine groups is 1. The van der Waals surface area contributed by atoms with Gasteiger partial charge in [-0.05, 0) is 31.9 Å². The predicted molar refractivity (Wildman–Crippen MR) is 75.0 cm³/mol. The number of likely N-dealkylation sites (tertiary alicyclic amines) is 1. The summed E-state index contributed by atoms with van der Waals surface area (Å²) in [6, 6.07) is 7.53. The van der Waals surface area contributed by atoms with Crippen molar-refractivity contribution in [3.63, 3.8) is 0 Å². The minimum atomic E-state index is -0.342. The van der Waals surface area contributed by atoms with Crippen LogP contribution >= 0.6 is 0 Å². The summed E-state index contributed by atoms with van der Waals surface area (Å²) < 4.78 is 0. The Balaban J connectivity index is 0.00000161. The molecule has 0 radical (unpaired) electrons. The van der Waals surface area contributed by atoms with Crippen molar-refractivity contribution in [1.82, 2.24) is 4.90 Å². The van der Waals surface area contributed by atoms with Crippen LogP contribution in [0, 0.1) is 6.92 Å². The maximum Gasteiger partial charge on any atom is 1.00 e. The zero-order valence-electron chi connectivity index (χ0n) is 12.4. The van der Waals surface area contributed by atoms with Crippen molar-refractivity contribution in [2.24, 2.45) is 5.10 Å². The topological polar surface area (TPSA) is 59.0 Å². The van der Waals surface area contributed by atoms with Crippen molar-refractivity contribution in [3.05, 3.63) is 41.7 Å². The molecule has 5 nitrogen and oxygen atoms in total. The monoisotopic (exact) mass is 293 g/mol. The van der Waals surface area contributed by atoms with Crippen LogP contribution in [0.4, 0.5) is 5.69 Å². The Hall–Kier alpha value is -1.30. The smallest absolute Gasteiger partial charge is 0.877 e. The Labute approximate surface area is 146 Å². The molecule has 3 rings (SSSR count). The van der Waals surface area contributed by atoms with Crippen LogP contribution in [0.2, 0.25) is 0 Å². The molecule has 0 bridgehead atoms. The van der Waals surface area contributed by atoms with E-state index in [0.29, 0.717) is 17.8 Å². The standard InChI is InChI=1S/C15H17N3O2.Na/c1-11-4-6-12(7-5-11)18-15(20)13(10-19)14(16-18)17-8-2-3-9-17;/h4-7,10,19H,2-3,8-9H2,1H3;/q;+1/p-1/b13-10-;. The van der Waals surface area contributed by atoms with Gasteiger partial charge in [0.25, 0.3) is 5.91 Å². The van der Waals surface area contributed by atoms with Crippen molar-refractivity contribution in [2.75, 3.05) is 18.1 Å². The molecule has 0 atom stereocenters. The third kappa shape index (κ3) is 3.00. The molecule has 1 aromatic carbocycles. The first-order chi connectivity index (χ1) is 9.70. The van der Waals surface area contributed by atoms with Crippen LogP contribution in [0.5, 0.6) is 0 Å². The minimum Gasteiger partial charge on any atom is -0.877 e. The fourth-order valence-corrected chi connectivity index (χ4v) is 2.53. The molecule has 2 heterocycles. The first-order valence-electron chi connectivity index (χ1n) is 6.78. The van der Waals surface area contributed by atoms with Gasteiger partial charge in [0.05, 0.1) is 11.3 Å². The van der Waals surface area contributed by atoms with E-state index in [9.17, 15) is 9.90 Å². The molecule has 0 saturated carbocycles. The van der Waals surface area contributed by atoms with Crippen LogP contribution in [0.15, 0.2) is 41.2 Å². The van der Waals surface area contributed by atoms with Crippen molar-refractivity contribution in [1.29, 1.82) is 0 Å². The number of carbonyl (C=O) groups excluding carboxylic acids is 1. The average Bonchev–Trinajstić information content (AvgIpc) is 3.07. The fraction of sp³-hybridized carbons (Fsp3) is 0.333. The summed E-state index contributed by atoms with van der Waals surface area (Å²) in [5.41, 5.74) is 1.96. The molecule has 2 aliphatic rings. The first kappa shape index (κ1) is 16.1. The molecule has 0 aliphatic carbocycles. The van der Waals surface area contributed by atoms with Crippen molar-refractivity contribution < 1.29 is 39.5 Å². The van der Waals surface area contributed by atoms with Gasteiger partial charge in [-0.2, -0.15) is 5.01 Å². The van der Waals surface area contributed by atoms with Crippen LogP contribution in [0.25, 0.3) is 0 Å². The van der Waals surface area contributed by atoms with E-state index in [0.717, 1.165) is 31.5 Å². The van der Waals surface area contributed by atoms with Crippen molar-refractivity contribution >= 4 is 17.4 Å². The number of amides is 1. The van der Waals surface area contributed by atoms with Crippen molar-refractivity contribution in [3.8, 4) is 0 Å². The molecule has 1 amide bonds. The molecule has 0 N–H and O–H groups in total. The van der Waals surface area contributed by atoms with E-state index in [1.807, 2.05) is 36.1 Å². The number of rotatable bonds is 1. The number of hydrazone groups is 1. The number of aryl methyl sites for hydroxylation is 1. The molecule has 2 aliphatic heterocycles. The largest absolute Gasteiger partial charge is 1.00 e. The molecule has 6 heteroatoms. The second-order valence-corrected chi connectivity index (χ2v) is 5.10. The maximum absolute atomic E-state index is 12.3. The summed E-state index contributed by atoms with van der Waals surface area (Å²) in [5, 5.41) is 16.9. The molecule has 0 spiro atoms.